The number of benzene rings is 3. The number of hydrogen-bond donors (Lipinski definition) is 2. The maximum Gasteiger partial charge on any atom is 0.341 e. The maximum absolute atomic E-state index is 13.3. The van der Waals surface area contributed by atoms with Crippen LogP contribution < -0.4 is 10.0 Å². The summed E-state index contributed by atoms with van der Waals surface area (Å²) in [6.45, 7) is 3.75. The van der Waals surface area contributed by atoms with Crippen LogP contribution in [0.1, 0.15) is 33.2 Å². The summed E-state index contributed by atoms with van der Waals surface area (Å²) in [5, 5.41) is 4.87. The molecule has 0 unspecified atom stereocenters. The van der Waals surface area contributed by atoms with E-state index >= 15 is 0 Å². The van der Waals surface area contributed by atoms with Gasteiger partial charge in [-0.15, -0.1) is 11.3 Å². The molecule has 0 bridgehead atoms. The van der Waals surface area contributed by atoms with Crippen molar-refractivity contribution in [2.24, 2.45) is 0 Å². The van der Waals surface area contributed by atoms with Crippen molar-refractivity contribution < 1.29 is 22.7 Å². The van der Waals surface area contributed by atoms with Crippen molar-refractivity contribution in [3.63, 3.8) is 0 Å². The molecule has 0 aliphatic rings. The van der Waals surface area contributed by atoms with E-state index in [0.717, 1.165) is 11.1 Å². The van der Waals surface area contributed by atoms with Crippen LogP contribution in [0.3, 0.4) is 0 Å². The van der Waals surface area contributed by atoms with Crippen LogP contribution in [0.4, 0.5) is 10.7 Å². The fourth-order valence-corrected chi connectivity index (χ4v) is 5.58. The number of nitrogens with one attached hydrogen (secondary N) is 2. The Hall–Kier alpha value is -3.95. The highest BCUT2D eigenvalue weighted by Gasteiger charge is 2.24. The molecule has 9 heteroatoms. The van der Waals surface area contributed by atoms with Gasteiger partial charge in [-0.25, -0.2) is 13.2 Å². The summed E-state index contributed by atoms with van der Waals surface area (Å²) in [4.78, 5) is 26.2. The van der Waals surface area contributed by atoms with Crippen LogP contribution in [0, 0.1) is 6.92 Å². The lowest BCUT2D eigenvalue weighted by Crippen LogP contribution is -2.19. The predicted molar refractivity (Wildman–Crippen MR) is 142 cm³/mol. The van der Waals surface area contributed by atoms with Gasteiger partial charge in [-0.3, -0.25) is 9.52 Å². The van der Waals surface area contributed by atoms with Gasteiger partial charge < -0.3 is 10.1 Å². The normalized spacial score (nSPS) is 11.1. The lowest BCUT2D eigenvalue weighted by molar-refractivity contribution is 0.0529. The van der Waals surface area contributed by atoms with Crippen LogP contribution in [0.15, 0.2) is 89.1 Å². The Kier molecular flexibility index (Phi) is 7.52. The SMILES string of the molecule is CCOC(=O)c1c(-c2ccccc2)csc1NC(=O)c1ccccc1NS(=O)(=O)c1ccc(C)cc1. The molecule has 0 aliphatic heterocycles. The van der Waals surface area contributed by atoms with Gasteiger partial charge in [-0.1, -0.05) is 60.2 Å². The number of ether oxygens (including phenoxy) is 1. The number of thiophene rings is 1. The molecule has 184 valence electrons. The van der Waals surface area contributed by atoms with E-state index in [2.05, 4.69) is 10.0 Å². The highest BCUT2D eigenvalue weighted by Crippen LogP contribution is 2.36. The lowest BCUT2D eigenvalue weighted by Gasteiger charge is -2.13. The molecule has 3 aromatic carbocycles. The van der Waals surface area contributed by atoms with Gasteiger partial charge in [-0.2, -0.15) is 0 Å². The van der Waals surface area contributed by atoms with Gasteiger partial charge in [0.2, 0.25) is 0 Å². The van der Waals surface area contributed by atoms with E-state index in [-0.39, 0.29) is 28.3 Å². The average molecular weight is 521 g/mol. The Bertz CT molecular complexity index is 1490. The van der Waals surface area contributed by atoms with Gasteiger partial charge in [-0.05, 0) is 43.7 Å². The molecule has 2 N–H and O–H groups in total. The molecule has 0 aliphatic carbocycles. The Morgan fingerprint density at radius 3 is 2.28 bits per heavy atom. The first-order chi connectivity index (χ1) is 17.3. The molecular formula is C27H24N2O5S2. The summed E-state index contributed by atoms with van der Waals surface area (Å²) in [5.41, 5.74) is 2.85. The van der Waals surface area contributed by atoms with Crippen molar-refractivity contribution in [1.29, 1.82) is 0 Å². The molecule has 0 radical (unpaired) electrons. The quantitative estimate of drug-likeness (QED) is 0.280. The third-order valence-electron chi connectivity index (χ3n) is 5.33. The molecule has 1 aromatic heterocycles. The highest BCUT2D eigenvalue weighted by atomic mass is 32.2. The number of carbonyl (C=O) groups is 2. The van der Waals surface area contributed by atoms with E-state index in [1.807, 2.05) is 37.3 Å². The van der Waals surface area contributed by atoms with Gasteiger partial charge in [0.15, 0.2) is 0 Å². The van der Waals surface area contributed by atoms with Gasteiger partial charge in [0.05, 0.1) is 22.8 Å². The van der Waals surface area contributed by atoms with Gasteiger partial charge in [0.1, 0.15) is 10.6 Å². The van der Waals surface area contributed by atoms with Crippen molar-refractivity contribution in [3.05, 3.63) is 101 Å². The Labute approximate surface area is 213 Å². The third kappa shape index (κ3) is 5.48. The summed E-state index contributed by atoms with van der Waals surface area (Å²) >= 11 is 1.19. The molecule has 1 heterocycles. The molecule has 36 heavy (non-hydrogen) atoms. The Balaban J connectivity index is 1.66. The number of rotatable bonds is 8. The zero-order chi connectivity index (χ0) is 25.7. The summed E-state index contributed by atoms with van der Waals surface area (Å²) < 4.78 is 33.6. The first-order valence-electron chi connectivity index (χ1n) is 11.1. The second kappa shape index (κ2) is 10.8. The van der Waals surface area contributed by atoms with Crippen LogP contribution >= 0.6 is 11.3 Å². The first kappa shape index (κ1) is 25.2. The highest BCUT2D eigenvalue weighted by molar-refractivity contribution is 7.92. The molecule has 0 saturated carbocycles. The van der Waals surface area contributed by atoms with Crippen molar-refractivity contribution in [3.8, 4) is 11.1 Å². The van der Waals surface area contributed by atoms with Crippen LogP contribution in [0.25, 0.3) is 11.1 Å². The van der Waals surface area contributed by atoms with E-state index in [0.29, 0.717) is 10.6 Å². The molecule has 4 rings (SSSR count). The average Bonchev–Trinajstić information content (AvgIpc) is 3.28. The van der Waals surface area contributed by atoms with Crippen LogP contribution in [-0.2, 0) is 14.8 Å². The predicted octanol–water partition coefficient (Wildman–Crippen LogP) is 5.95. The number of sulfonamides is 1. The Morgan fingerprint density at radius 2 is 1.58 bits per heavy atom. The fourth-order valence-electron chi connectivity index (χ4n) is 3.55. The van der Waals surface area contributed by atoms with Crippen LogP contribution in [-0.4, -0.2) is 26.9 Å². The largest absolute Gasteiger partial charge is 0.462 e. The van der Waals surface area contributed by atoms with E-state index in [4.69, 9.17) is 4.74 Å². The second-order valence-corrected chi connectivity index (χ2v) is 10.4. The Morgan fingerprint density at radius 1 is 0.917 bits per heavy atom. The summed E-state index contributed by atoms with van der Waals surface area (Å²) in [7, 11) is -3.92. The lowest BCUT2D eigenvalue weighted by atomic mass is 10.0. The van der Waals surface area contributed by atoms with E-state index < -0.39 is 21.9 Å². The van der Waals surface area contributed by atoms with E-state index in [1.54, 1.807) is 36.6 Å². The van der Waals surface area contributed by atoms with Crippen molar-refractivity contribution in [1.82, 2.24) is 0 Å². The molecule has 0 fully saturated rings. The molecule has 1 amide bonds. The number of hydrogen-bond acceptors (Lipinski definition) is 6. The number of anilines is 2. The number of aryl methyl sites for hydroxylation is 1. The monoisotopic (exact) mass is 520 g/mol. The zero-order valence-corrected chi connectivity index (χ0v) is 21.3. The molecule has 0 atom stereocenters. The minimum Gasteiger partial charge on any atom is -0.462 e. The maximum atomic E-state index is 13.3. The number of para-hydroxylation sites is 1. The topological polar surface area (TPSA) is 102 Å². The molecule has 0 spiro atoms. The van der Waals surface area contributed by atoms with Gasteiger partial charge in [0, 0.05) is 10.9 Å². The number of esters is 1. The first-order valence-corrected chi connectivity index (χ1v) is 13.5. The fraction of sp³-hybridized carbons (Fsp3) is 0.111. The van der Waals surface area contributed by atoms with Crippen molar-refractivity contribution >= 4 is 43.9 Å². The minimum absolute atomic E-state index is 0.0821. The smallest absolute Gasteiger partial charge is 0.341 e. The molecular weight excluding hydrogens is 496 g/mol. The second-order valence-electron chi connectivity index (χ2n) is 7.86. The molecule has 0 saturated heterocycles. The number of amides is 1. The van der Waals surface area contributed by atoms with Crippen LogP contribution in [0.5, 0.6) is 0 Å². The minimum atomic E-state index is -3.92. The van der Waals surface area contributed by atoms with E-state index in [9.17, 15) is 18.0 Å². The van der Waals surface area contributed by atoms with Crippen LogP contribution in [0.2, 0.25) is 0 Å². The van der Waals surface area contributed by atoms with Gasteiger partial charge in [0.25, 0.3) is 15.9 Å². The summed E-state index contributed by atoms with van der Waals surface area (Å²) in [6, 6.07) is 22.0. The third-order valence-corrected chi connectivity index (χ3v) is 7.61. The standard InChI is InChI=1S/C27H24N2O5S2/c1-3-34-27(31)24-22(19-9-5-4-6-10-19)17-35-26(24)28-25(30)21-11-7-8-12-23(21)29-36(32,33)20-15-13-18(2)14-16-20/h4-17,29H,3H2,1-2H3,(H,28,30). The van der Waals surface area contributed by atoms with Gasteiger partial charge >= 0.3 is 5.97 Å². The number of carbonyl (C=O) groups excluding carboxylic acids is 2. The molecule has 7 nitrogen and oxygen atoms in total. The summed E-state index contributed by atoms with van der Waals surface area (Å²) in [6.07, 6.45) is 0. The van der Waals surface area contributed by atoms with Crippen molar-refractivity contribution in [2.45, 2.75) is 18.7 Å². The summed E-state index contributed by atoms with van der Waals surface area (Å²) in [5.74, 6) is -1.12. The zero-order valence-electron chi connectivity index (χ0n) is 19.6. The van der Waals surface area contributed by atoms with Crippen molar-refractivity contribution in [2.75, 3.05) is 16.6 Å². The molecule has 4 aromatic rings. The van der Waals surface area contributed by atoms with E-state index in [1.165, 1.54) is 35.6 Å².